The molecule has 9 heteroatoms. The maximum atomic E-state index is 13.7. The molecule has 6 nitrogen and oxygen atoms in total. The van der Waals surface area contributed by atoms with E-state index in [1.165, 1.54) is 0 Å². The number of carbonyl (C=O) groups is 1. The van der Waals surface area contributed by atoms with Crippen molar-refractivity contribution in [2.75, 3.05) is 44.2 Å². The van der Waals surface area contributed by atoms with Crippen LogP contribution in [-0.2, 0) is 10.2 Å². The van der Waals surface area contributed by atoms with E-state index in [9.17, 15) is 18.0 Å². The summed E-state index contributed by atoms with van der Waals surface area (Å²) in [6.45, 7) is 2.99. The summed E-state index contributed by atoms with van der Waals surface area (Å²) in [5, 5.41) is 2.22. The van der Waals surface area contributed by atoms with Gasteiger partial charge < -0.3 is 10.2 Å². The summed E-state index contributed by atoms with van der Waals surface area (Å²) in [4.78, 5) is 27.6. The fourth-order valence-electron chi connectivity index (χ4n) is 6.47. The van der Waals surface area contributed by atoms with E-state index < -0.39 is 24.0 Å². The van der Waals surface area contributed by atoms with Gasteiger partial charge in [-0.1, -0.05) is 67.1 Å². The van der Waals surface area contributed by atoms with E-state index in [-0.39, 0.29) is 0 Å². The van der Waals surface area contributed by atoms with Crippen LogP contribution in [0.1, 0.15) is 30.4 Å². The van der Waals surface area contributed by atoms with Gasteiger partial charge in [-0.3, -0.25) is 14.7 Å². The van der Waals surface area contributed by atoms with E-state index in [2.05, 4.69) is 20.1 Å². The summed E-state index contributed by atoms with van der Waals surface area (Å²) in [5.41, 5.74) is 3.94. The van der Waals surface area contributed by atoms with E-state index >= 15 is 0 Å². The molecule has 222 valence electrons. The molecule has 2 aromatic carbocycles. The quantitative estimate of drug-likeness (QED) is 0.241. The van der Waals surface area contributed by atoms with Gasteiger partial charge in [0.05, 0.1) is 11.4 Å². The Bertz CT molecular complexity index is 1520. The first-order valence-electron chi connectivity index (χ1n) is 14.8. The van der Waals surface area contributed by atoms with Crippen LogP contribution in [0.5, 0.6) is 0 Å². The molecule has 4 aromatic rings. The number of hydrogen-bond donors (Lipinski definition) is 1. The second kappa shape index (κ2) is 12.2. The van der Waals surface area contributed by atoms with Crippen LogP contribution in [-0.4, -0.2) is 66.2 Å². The minimum atomic E-state index is -4.48. The lowest BCUT2D eigenvalue weighted by Crippen LogP contribution is -2.48. The van der Waals surface area contributed by atoms with Crippen LogP contribution < -0.4 is 10.2 Å². The van der Waals surface area contributed by atoms with Gasteiger partial charge in [-0.2, -0.15) is 13.2 Å². The van der Waals surface area contributed by atoms with E-state index in [4.69, 9.17) is 4.98 Å². The summed E-state index contributed by atoms with van der Waals surface area (Å²) in [6, 6.07) is 27.0. The van der Waals surface area contributed by atoms with Crippen molar-refractivity contribution in [1.29, 1.82) is 0 Å². The fraction of sp³-hybridized carbons (Fsp3) is 0.324. The van der Waals surface area contributed by atoms with Crippen molar-refractivity contribution in [2.45, 2.75) is 30.9 Å². The molecule has 0 spiro atoms. The van der Waals surface area contributed by atoms with Gasteiger partial charge in [-0.15, -0.1) is 0 Å². The number of fused-ring (bicyclic) bond motifs is 3. The minimum absolute atomic E-state index is 0.439. The van der Waals surface area contributed by atoms with Gasteiger partial charge in [0.1, 0.15) is 17.8 Å². The third-order valence-electron chi connectivity index (χ3n) is 8.54. The van der Waals surface area contributed by atoms with Gasteiger partial charge in [0, 0.05) is 32.4 Å². The van der Waals surface area contributed by atoms with Crippen molar-refractivity contribution < 1.29 is 18.0 Å². The van der Waals surface area contributed by atoms with Gasteiger partial charge in [-0.25, -0.2) is 4.98 Å². The average molecular weight is 586 g/mol. The summed E-state index contributed by atoms with van der Waals surface area (Å²) < 4.78 is 39.4. The zero-order valence-corrected chi connectivity index (χ0v) is 23.9. The summed E-state index contributed by atoms with van der Waals surface area (Å²) >= 11 is 0. The van der Waals surface area contributed by atoms with Gasteiger partial charge in [0.2, 0.25) is 5.91 Å². The Hall–Kier alpha value is -4.24. The van der Waals surface area contributed by atoms with E-state index in [1.54, 1.807) is 6.20 Å². The Morgan fingerprint density at radius 3 is 2.09 bits per heavy atom. The topological polar surface area (TPSA) is 61.4 Å². The predicted octanol–water partition coefficient (Wildman–Crippen LogP) is 6.08. The van der Waals surface area contributed by atoms with Crippen LogP contribution >= 0.6 is 0 Å². The van der Waals surface area contributed by atoms with Gasteiger partial charge in [0.25, 0.3) is 0 Å². The van der Waals surface area contributed by atoms with Crippen molar-refractivity contribution in [3.8, 4) is 22.5 Å². The molecule has 0 bridgehead atoms. The number of unbranched alkanes of at least 4 members (excludes halogenated alkanes) is 1. The number of pyridine rings is 2. The summed E-state index contributed by atoms with van der Waals surface area (Å²) in [7, 11) is 0. The lowest BCUT2D eigenvalue weighted by molar-refractivity contribution is -0.141. The van der Waals surface area contributed by atoms with Crippen molar-refractivity contribution in [2.24, 2.45) is 0 Å². The molecule has 0 radical (unpaired) electrons. The molecule has 3 heterocycles. The molecule has 1 aliphatic carbocycles. The molecule has 1 aliphatic heterocycles. The molecule has 0 unspecified atom stereocenters. The zero-order chi connectivity index (χ0) is 29.9. The first-order chi connectivity index (χ1) is 20.8. The Labute approximate surface area is 249 Å². The fourth-order valence-corrected chi connectivity index (χ4v) is 6.47. The molecule has 1 saturated heterocycles. The number of rotatable bonds is 9. The lowest BCUT2D eigenvalue weighted by atomic mass is 9.73. The smallest absolute Gasteiger partial charge is 0.354 e. The van der Waals surface area contributed by atoms with Gasteiger partial charge >= 0.3 is 6.18 Å². The summed E-state index contributed by atoms with van der Waals surface area (Å²) in [5.74, 6) is 0.351. The third-order valence-corrected chi connectivity index (χ3v) is 8.54. The molecule has 1 amide bonds. The highest BCUT2D eigenvalue weighted by Gasteiger charge is 2.49. The second-order valence-electron chi connectivity index (χ2n) is 11.2. The van der Waals surface area contributed by atoms with E-state index in [1.807, 2.05) is 84.9 Å². The second-order valence-corrected chi connectivity index (χ2v) is 11.2. The van der Waals surface area contributed by atoms with Crippen LogP contribution in [0.4, 0.5) is 19.0 Å². The highest BCUT2D eigenvalue weighted by molar-refractivity contribution is 6.00. The Kier molecular flexibility index (Phi) is 8.17. The Morgan fingerprint density at radius 1 is 0.791 bits per heavy atom. The molecule has 43 heavy (non-hydrogen) atoms. The molecule has 2 aliphatic rings. The normalized spacial score (nSPS) is 16.0. The van der Waals surface area contributed by atoms with Crippen molar-refractivity contribution in [3.05, 3.63) is 102 Å². The molecule has 0 saturated carbocycles. The van der Waals surface area contributed by atoms with Crippen molar-refractivity contribution >= 4 is 11.7 Å². The predicted molar refractivity (Wildman–Crippen MR) is 162 cm³/mol. The highest BCUT2D eigenvalue weighted by Crippen LogP contribution is 2.51. The van der Waals surface area contributed by atoms with Gasteiger partial charge in [0.15, 0.2) is 0 Å². The molecular formula is C34H34F3N5O. The third kappa shape index (κ3) is 5.99. The van der Waals surface area contributed by atoms with Crippen LogP contribution in [0.25, 0.3) is 22.5 Å². The SMILES string of the molecule is O=C(NCC(F)(F)F)C1(CCCCN2CCN(c3cccc(-c4ccccn4)n3)CC2)c2ccccc2-c2ccccc21. The van der Waals surface area contributed by atoms with Crippen LogP contribution in [0.15, 0.2) is 91.1 Å². The first kappa shape index (κ1) is 28.9. The highest BCUT2D eigenvalue weighted by atomic mass is 19.4. The number of nitrogens with one attached hydrogen (secondary N) is 1. The number of halogens is 3. The molecule has 1 fully saturated rings. The number of carbonyl (C=O) groups excluding carboxylic acids is 1. The minimum Gasteiger partial charge on any atom is -0.354 e. The standard InChI is InChI=1S/C34H34F3N5O/c35-34(36,37)24-39-32(43)33(27-12-3-1-10-25(27)26-11-2-4-13-28(26)33)17-6-8-19-41-20-22-42(23-21-41)31-16-9-15-30(40-31)29-14-5-7-18-38-29/h1-5,7,9-16,18H,6,8,17,19-24H2,(H,39,43). The van der Waals surface area contributed by atoms with Gasteiger partial charge in [-0.05, 0) is 65.9 Å². The van der Waals surface area contributed by atoms with Crippen LogP contribution in [0.3, 0.4) is 0 Å². The monoisotopic (exact) mass is 585 g/mol. The number of benzene rings is 2. The number of amides is 1. The number of nitrogens with zero attached hydrogens (tertiary/aromatic N) is 4. The molecule has 2 aromatic heterocycles. The zero-order valence-electron chi connectivity index (χ0n) is 23.9. The number of alkyl halides is 3. The Balaban J connectivity index is 1.10. The maximum Gasteiger partial charge on any atom is 0.405 e. The molecular weight excluding hydrogens is 551 g/mol. The van der Waals surface area contributed by atoms with E-state index in [0.717, 1.165) is 78.6 Å². The maximum absolute atomic E-state index is 13.7. The lowest BCUT2D eigenvalue weighted by Gasteiger charge is -2.36. The first-order valence-corrected chi connectivity index (χ1v) is 14.8. The average Bonchev–Trinajstić information content (AvgIpc) is 3.33. The number of anilines is 1. The number of aromatic nitrogens is 2. The van der Waals surface area contributed by atoms with Crippen molar-refractivity contribution in [1.82, 2.24) is 20.2 Å². The Morgan fingerprint density at radius 2 is 1.44 bits per heavy atom. The molecule has 6 rings (SSSR count). The van der Waals surface area contributed by atoms with E-state index in [0.29, 0.717) is 12.8 Å². The van der Waals surface area contributed by atoms with Crippen molar-refractivity contribution in [3.63, 3.8) is 0 Å². The van der Waals surface area contributed by atoms with Crippen LogP contribution in [0, 0.1) is 0 Å². The largest absolute Gasteiger partial charge is 0.405 e. The number of piperazine rings is 1. The number of hydrogen-bond acceptors (Lipinski definition) is 5. The van der Waals surface area contributed by atoms with Crippen LogP contribution in [0.2, 0.25) is 0 Å². The summed E-state index contributed by atoms with van der Waals surface area (Å²) in [6.07, 6.45) is -0.730. The molecule has 1 N–H and O–H groups in total. The molecule has 0 atom stereocenters.